The largest absolute Gasteiger partial charge is 0.332 e. The molecule has 0 spiro atoms. The van der Waals surface area contributed by atoms with Crippen molar-refractivity contribution in [3.05, 3.63) is 41.4 Å². The zero-order chi connectivity index (χ0) is 9.10. The lowest BCUT2D eigenvalue weighted by molar-refractivity contribution is 1.26. The Morgan fingerprint density at radius 3 is 3.08 bits per heavy atom. The zero-order valence-electron chi connectivity index (χ0n) is 7.24. The molecule has 2 rings (SSSR count). The number of aryl methyl sites for hydroxylation is 1. The van der Waals surface area contributed by atoms with Crippen LogP contribution in [-0.2, 0) is 0 Å². The second-order valence-electron chi connectivity index (χ2n) is 2.71. The Morgan fingerprint density at radius 1 is 1.54 bits per heavy atom. The van der Waals surface area contributed by atoms with Crippen molar-refractivity contribution in [2.45, 2.75) is 6.92 Å². The molecular weight excluding hydrogens is 180 g/mol. The number of benzene rings is 1. The monoisotopic (exact) mass is 189 g/mol. The highest BCUT2D eigenvalue weighted by molar-refractivity contribution is 7.13. The lowest BCUT2D eigenvalue weighted by atomic mass is 10.3. The summed E-state index contributed by atoms with van der Waals surface area (Å²) >= 11 is 1.61. The van der Waals surface area contributed by atoms with Crippen LogP contribution in [0.15, 0.2) is 29.6 Å². The SMILES string of the molecule is Cc1csc(Nc2c[c]ccc2)n1. The topological polar surface area (TPSA) is 24.9 Å². The molecule has 0 saturated heterocycles. The fourth-order valence-electron chi connectivity index (χ4n) is 1.01. The molecular formula is C10H9N2S. The summed E-state index contributed by atoms with van der Waals surface area (Å²) in [5.41, 5.74) is 2.07. The summed E-state index contributed by atoms with van der Waals surface area (Å²) in [6.07, 6.45) is 0. The van der Waals surface area contributed by atoms with Gasteiger partial charge in [0.05, 0.1) is 5.69 Å². The normalized spacial score (nSPS) is 9.92. The maximum Gasteiger partial charge on any atom is 0.187 e. The van der Waals surface area contributed by atoms with E-state index in [9.17, 15) is 0 Å². The van der Waals surface area contributed by atoms with Gasteiger partial charge in [0.15, 0.2) is 5.13 Å². The van der Waals surface area contributed by atoms with Gasteiger partial charge in [-0.1, -0.05) is 12.1 Å². The van der Waals surface area contributed by atoms with Gasteiger partial charge in [-0.3, -0.25) is 0 Å². The van der Waals surface area contributed by atoms with Crippen LogP contribution in [0.3, 0.4) is 0 Å². The molecule has 1 aromatic carbocycles. The van der Waals surface area contributed by atoms with Gasteiger partial charge in [-0.15, -0.1) is 11.3 Å². The van der Waals surface area contributed by atoms with Gasteiger partial charge in [0.25, 0.3) is 0 Å². The molecule has 1 N–H and O–H groups in total. The molecule has 2 aromatic rings. The first kappa shape index (κ1) is 8.26. The van der Waals surface area contributed by atoms with E-state index in [0.29, 0.717) is 0 Å². The molecule has 1 aromatic heterocycles. The molecule has 3 heteroatoms. The van der Waals surface area contributed by atoms with Gasteiger partial charge < -0.3 is 5.32 Å². The number of hydrogen-bond acceptors (Lipinski definition) is 3. The van der Waals surface area contributed by atoms with Crippen LogP contribution >= 0.6 is 11.3 Å². The van der Waals surface area contributed by atoms with Crippen molar-refractivity contribution >= 4 is 22.2 Å². The number of rotatable bonds is 2. The molecule has 0 saturated carbocycles. The average Bonchev–Trinajstić information content (AvgIpc) is 2.53. The molecule has 0 unspecified atom stereocenters. The predicted octanol–water partition coefficient (Wildman–Crippen LogP) is 3.00. The third-order valence-corrected chi connectivity index (χ3v) is 2.45. The summed E-state index contributed by atoms with van der Waals surface area (Å²) < 4.78 is 0. The lowest BCUT2D eigenvalue weighted by Gasteiger charge is -1.99. The minimum Gasteiger partial charge on any atom is -0.332 e. The Balaban J connectivity index is 2.15. The second kappa shape index (κ2) is 3.58. The molecule has 0 aliphatic carbocycles. The summed E-state index contributed by atoms with van der Waals surface area (Å²) in [6.45, 7) is 1.98. The summed E-state index contributed by atoms with van der Waals surface area (Å²) in [5, 5.41) is 6.15. The zero-order valence-corrected chi connectivity index (χ0v) is 8.06. The van der Waals surface area contributed by atoms with Crippen LogP contribution < -0.4 is 5.32 Å². The van der Waals surface area contributed by atoms with Crippen LogP contribution in [0.4, 0.5) is 10.8 Å². The van der Waals surface area contributed by atoms with Gasteiger partial charge >= 0.3 is 0 Å². The Bertz CT molecular complexity index is 381. The van der Waals surface area contributed by atoms with Gasteiger partial charge in [-0.25, -0.2) is 4.98 Å². The molecule has 13 heavy (non-hydrogen) atoms. The molecule has 0 bridgehead atoms. The van der Waals surface area contributed by atoms with Crippen LogP contribution in [-0.4, -0.2) is 4.98 Å². The van der Waals surface area contributed by atoms with Gasteiger partial charge in [-0.05, 0) is 25.1 Å². The van der Waals surface area contributed by atoms with Gasteiger partial charge in [-0.2, -0.15) is 0 Å². The Morgan fingerprint density at radius 2 is 2.46 bits per heavy atom. The maximum atomic E-state index is 4.30. The van der Waals surface area contributed by atoms with E-state index >= 15 is 0 Å². The first-order valence-corrected chi connectivity index (χ1v) is 4.88. The highest BCUT2D eigenvalue weighted by atomic mass is 32.1. The van der Waals surface area contributed by atoms with E-state index in [0.717, 1.165) is 16.5 Å². The van der Waals surface area contributed by atoms with Crippen molar-refractivity contribution in [1.29, 1.82) is 0 Å². The molecule has 0 amide bonds. The number of thiazole rings is 1. The number of hydrogen-bond donors (Lipinski definition) is 1. The molecule has 0 aliphatic heterocycles. The molecule has 65 valence electrons. The smallest absolute Gasteiger partial charge is 0.187 e. The summed E-state index contributed by atoms with van der Waals surface area (Å²) in [4.78, 5) is 4.30. The standard InChI is InChI=1S/C10H9N2S/c1-8-7-13-10(11-8)12-9-5-3-2-4-6-9/h2-3,5-7H,1H3,(H,11,12). The number of anilines is 2. The summed E-state index contributed by atoms with van der Waals surface area (Å²) in [5.74, 6) is 0. The minimum atomic E-state index is 0.928. The van der Waals surface area contributed by atoms with E-state index < -0.39 is 0 Å². The number of nitrogens with zero attached hydrogens (tertiary/aromatic N) is 1. The predicted molar refractivity (Wildman–Crippen MR) is 55.4 cm³/mol. The quantitative estimate of drug-likeness (QED) is 0.785. The van der Waals surface area contributed by atoms with Crippen LogP contribution in [0, 0.1) is 13.0 Å². The van der Waals surface area contributed by atoms with Crippen LogP contribution in [0.1, 0.15) is 5.69 Å². The van der Waals surface area contributed by atoms with Crippen molar-refractivity contribution < 1.29 is 0 Å². The maximum absolute atomic E-state index is 4.30. The first-order valence-electron chi connectivity index (χ1n) is 4.00. The van der Waals surface area contributed by atoms with Gasteiger partial charge in [0.2, 0.25) is 0 Å². The third-order valence-electron chi connectivity index (χ3n) is 1.58. The molecule has 1 radical (unpaired) electrons. The van der Waals surface area contributed by atoms with E-state index in [2.05, 4.69) is 16.4 Å². The summed E-state index contributed by atoms with van der Waals surface area (Å²) in [7, 11) is 0. The lowest BCUT2D eigenvalue weighted by Crippen LogP contribution is -1.88. The first-order chi connectivity index (χ1) is 6.34. The van der Waals surface area contributed by atoms with Gasteiger partial charge in [0, 0.05) is 11.1 Å². The molecule has 2 nitrogen and oxygen atoms in total. The fraction of sp³-hybridized carbons (Fsp3) is 0.100. The molecule has 0 atom stereocenters. The number of aromatic nitrogens is 1. The van der Waals surface area contributed by atoms with E-state index in [-0.39, 0.29) is 0 Å². The van der Waals surface area contributed by atoms with E-state index in [1.807, 2.05) is 36.6 Å². The Labute approximate surface area is 81.3 Å². The minimum absolute atomic E-state index is 0.928. The van der Waals surface area contributed by atoms with Crippen molar-refractivity contribution in [3.63, 3.8) is 0 Å². The molecule has 1 heterocycles. The molecule has 0 aliphatic rings. The van der Waals surface area contributed by atoms with E-state index in [1.54, 1.807) is 11.3 Å². The average molecular weight is 189 g/mol. The number of nitrogens with one attached hydrogen (secondary N) is 1. The van der Waals surface area contributed by atoms with Crippen molar-refractivity contribution in [2.24, 2.45) is 0 Å². The highest BCUT2D eigenvalue weighted by Crippen LogP contribution is 2.19. The fourth-order valence-corrected chi connectivity index (χ4v) is 1.71. The highest BCUT2D eigenvalue weighted by Gasteiger charge is 1.97. The van der Waals surface area contributed by atoms with Crippen LogP contribution in [0.2, 0.25) is 0 Å². The second-order valence-corrected chi connectivity index (χ2v) is 3.57. The third kappa shape index (κ3) is 2.06. The van der Waals surface area contributed by atoms with Gasteiger partial charge in [0.1, 0.15) is 0 Å². The summed E-state index contributed by atoms with van der Waals surface area (Å²) in [6, 6.07) is 10.7. The Hall–Kier alpha value is -1.35. The van der Waals surface area contributed by atoms with E-state index in [4.69, 9.17) is 0 Å². The Kier molecular flexibility index (Phi) is 2.27. The van der Waals surface area contributed by atoms with Crippen LogP contribution in [0.25, 0.3) is 0 Å². The van der Waals surface area contributed by atoms with Crippen molar-refractivity contribution in [2.75, 3.05) is 5.32 Å². The van der Waals surface area contributed by atoms with Crippen molar-refractivity contribution in [1.82, 2.24) is 4.98 Å². The molecule has 0 fully saturated rings. The van der Waals surface area contributed by atoms with E-state index in [1.165, 1.54) is 0 Å². The van der Waals surface area contributed by atoms with Crippen LogP contribution in [0.5, 0.6) is 0 Å². The van der Waals surface area contributed by atoms with Crippen molar-refractivity contribution in [3.8, 4) is 0 Å².